The smallest absolute Gasteiger partial charge is 0.338 e. The molecule has 0 spiro atoms. The number of carbonyl (C=O) groups is 4. The van der Waals surface area contributed by atoms with E-state index in [0.29, 0.717) is 28.1 Å². The summed E-state index contributed by atoms with van der Waals surface area (Å²) in [6.45, 7) is 5.33. The van der Waals surface area contributed by atoms with Crippen LogP contribution in [0.1, 0.15) is 62.2 Å². The molecule has 0 saturated carbocycles. The molecule has 3 aromatic rings. The lowest BCUT2D eigenvalue weighted by Gasteiger charge is -2.19. The van der Waals surface area contributed by atoms with E-state index in [4.69, 9.17) is 9.84 Å². The van der Waals surface area contributed by atoms with E-state index in [2.05, 4.69) is 10.6 Å². The lowest BCUT2D eigenvalue weighted by Crippen LogP contribution is -2.24. The maximum absolute atomic E-state index is 12.5. The Morgan fingerprint density at radius 1 is 0.618 bits per heavy atom. The largest absolute Gasteiger partial charge is 0.478 e. The summed E-state index contributed by atoms with van der Waals surface area (Å²) in [7, 11) is 0. The molecule has 0 atom stereocenters. The van der Waals surface area contributed by atoms with Gasteiger partial charge in [-0.05, 0) is 93.6 Å². The number of carboxylic acids is 1. The zero-order valence-electron chi connectivity index (χ0n) is 18.9. The first-order valence-electron chi connectivity index (χ1n) is 10.4. The molecule has 0 heterocycles. The molecular formula is C26H24N2O6. The van der Waals surface area contributed by atoms with E-state index in [0.717, 1.165) is 0 Å². The summed E-state index contributed by atoms with van der Waals surface area (Å²) < 4.78 is 5.31. The quantitative estimate of drug-likeness (QED) is 0.452. The second kappa shape index (κ2) is 9.99. The molecule has 3 N–H and O–H groups in total. The average Bonchev–Trinajstić information content (AvgIpc) is 2.79. The summed E-state index contributed by atoms with van der Waals surface area (Å²) in [6.07, 6.45) is 0. The van der Waals surface area contributed by atoms with Crippen LogP contribution in [0.15, 0.2) is 72.8 Å². The first kappa shape index (κ1) is 24.2. The van der Waals surface area contributed by atoms with E-state index in [1.165, 1.54) is 48.5 Å². The molecule has 174 valence electrons. The van der Waals surface area contributed by atoms with E-state index >= 15 is 0 Å². The molecule has 8 heteroatoms. The highest BCUT2D eigenvalue weighted by atomic mass is 16.6. The van der Waals surface area contributed by atoms with Gasteiger partial charge in [0.05, 0.1) is 11.1 Å². The number of carbonyl (C=O) groups excluding carboxylic acids is 3. The van der Waals surface area contributed by atoms with Crippen molar-refractivity contribution >= 4 is 35.1 Å². The standard InChI is InChI=1S/C26H24N2O6/c1-26(2,3)34-25(33)19-6-4-16(5-7-19)22(29)27-20-12-8-17(9-13-20)23(30)28-21-14-10-18(11-15-21)24(31)32/h4-15H,1-3H3,(H,27,29)(H,28,30)(H,31,32). The summed E-state index contributed by atoms with van der Waals surface area (Å²) in [4.78, 5) is 47.9. The monoisotopic (exact) mass is 460 g/mol. The van der Waals surface area contributed by atoms with Gasteiger partial charge >= 0.3 is 11.9 Å². The van der Waals surface area contributed by atoms with Crippen LogP contribution in [-0.2, 0) is 4.74 Å². The van der Waals surface area contributed by atoms with Crippen molar-refractivity contribution in [3.63, 3.8) is 0 Å². The zero-order valence-corrected chi connectivity index (χ0v) is 18.9. The Morgan fingerprint density at radius 2 is 0.971 bits per heavy atom. The van der Waals surface area contributed by atoms with Crippen molar-refractivity contribution in [2.75, 3.05) is 10.6 Å². The molecule has 3 rings (SSSR count). The number of ether oxygens (including phenoxy) is 1. The number of aromatic carboxylic acids is 1. The molecule has 3 aromatic carbocycles. The highest BCUT2D eigenvalue weighted by Crippen LogP contribution is 2.16. The molecule has 0 bridgehead atoms. The van der Waals surface area contributed by atoms with Crippen LogP contribution in [0.25, 0.3) is 0 Å². The molecule has 0 radical (unpaired) electrons. The number of carboxylic acid groups (broad SMARTS) is 1. The Bertz CT molecular complexity index is 1210. The minimum absolute atomic E-state index is 0.123. The Morgan fingerprint density at radius 3 is 1.35 bits per heavy atom. The number of amides is 2. The molecule has 0 aliphatic carbocycles. The fourth-order valence-corrected chi connectivity index (χ4v) is 2.90. The Labute approximate surface area is 196 Å². The van der Waals surface area contributed by atoms with E-state index in [9.17, 15) is 19.2 Å². The number of hydrogen-bond donors (Lipinski definition) is 3. The molecular weight excluding hydrogens is 436 g/mol. The van der Waals surface area contributed by atoms with Gasteiger partial charge in [0, 0.05) is 22.5 Å². The third kappa shape index (κ3) is 6.52. The number of esters is 1. The van der Waals surface area contributed by atoms with Crippen LogP contribution in [-0.4, -0.2) is 34.5 Å². The van der Waals surface area contributed by atoms with Gasteiger partial charge in [0.25, 0.3) is 11.8 Å². The number of anilines is 2. The van der Waals surface area contributed by atoms with Crippen LogP contribution in [0.2, 0.25) is 0 Å². The van der Waals surface area contributed by atoms with Gasteiger partial charge in [-0.3, -0.25) is 9.59 Å². The van der Waals surface area contributed by atoms with Crippen molar-refractivity contribution in [3.8, 4) is 0 Å². The van der Waals surface area contributed by atoms with Gasteiger partial charge in [-0.15, -0.1) is 0 Å². The van der Waals surface area contributed by atoms with Crippen molar-refractivity contribution in [3.05, 3.63) is 95.1 Å². The van der Waals surface area contributed by atoms with E-state index in [1.54, 1.807) is 45.0 Å². The SMILES string of the molecule is CC(C)(C)OC(=O)c1ccc(C(=O)Nc2ccc(C(=O)Nc3ccc(C(=O)O)cc3)cc2)cc1. The number of benzene rings is 3. The average molecular weight is 460 g/mol. The minimum atomic E-state index is -1.05. The normalized spacial score (nSPS) is 10.8. The second-order valence-electron chi connectivity index (χ2n) is 8.45. The summed E-state index contributed by atoms with van der Waals surface area (Å²) in [5.41, 5.74) is 1.53. The van der Waals surface area contributed by atoms with Gasteiger partial charge in [-0.25, -0.2) is 9.59 Å². The van der Waals surface area contributed by atoms with E-state index in [-0.39, 0.29) is 17.4 Å². The third-order valence-electron chi connectivity index (χ3n) is 4.58. The molecule has 8 nitrogen and oxygen atoms in total. The minimum Gasteiger partial charge on any atom is -0.478 e. The van der Waals surface area contributed by atoms with Gasteiger partial charge in [0.1, 0.15) is 5.60 Å². The van der Waals surface area contributed by atoms with Crippen molar-refractivity contribution in [1.82, 2.24) is 0 Å². The van der Waals surface area contributed by atoms with Crippen LogP contribution in [0.5, 0.6) is 0 Å². The first-order valence-corrected chi connectivity index (χ1v) is 10.4. The van der Waals surface area contributed by atoms with Gasteiger partial charge in [-0.1, -0.05) is 0 Å². The second-order valence-corrected chi connectivity index (χ2v) is 8.45. The van der Waals surface area contributed by atoms with Gasteiger partial charge < -0.3 is 20.5 Å². The predicted octanol–water partition coefficient (Wildman–Crippen LogP) is 4.84. The van der Waals surface area contributed by atoms with Gasteiger partial charge in [-0.2, -0.15) is 0 Å². The van der Waals surface area contributed by atoms with Crippen molar-refractivity contribution in [1.29, 1.82) is 0 Å². The lowest BCUT2D eigenvalue weighted by atomic mass is 10.1. The van der Waals surface area contributed by atoms with E-state index in [1.807, 2.05) is 0 Å². The van der Waals surface area contributed by atoms with Gasteiger partial charge in [0.2, 0.25) is 0 Å². The third-order valence-corrected chi connectivity index (χ3v) is 4.58. The molecule has 0 saturated heterocycles. The molecule has 0 unspecified atom stereocenters. The van der Waals surface area contributed by atoms with Crippen LogP contribution >= 0.6 is 0 Å². The summed E-state index contributed by atoms with van der Waals surface area (Å²) in [5, 5.41) is 14.3. The molecule has 0 aliphatic rings. The number of hydrogen-bond acceptors (Lipinski definition) is 5. The topological polar surface area (TPSA) is 122 Å². The molecule has 2 amide bonds. The van der Waals surface area contributed by atoms with Crippen LogP contribution < -0.4 is 10.6 Å². The summed E-state index contributed by atoms with van der Waals surface area (Å²) in [6, 6.07) is 18.2. The van der Waals surface area contributed by atoms with Crippen LogP contribution in [0.3, 0.4) is 0 Å². The zero-order chi connectivity index (χ0) is 24.9. The summed E-state index contributed by atoms with van der Waals surface area (Å²) >= 11 is 0. The van der Waals surface area contributed by atoms with Crippen molar-refractivity contribution < 1.29 is 29.0 Å². The van der Waals surface area contributed by atoms with Crippen molar-refractivity contribution in [2.24, 2.45) is 0 Å². The van der Waals surface area contributed by atoms with E-state index < -0.39 is 17.5 Å². The lowest BCUT2D eigenvalue weighted by molar-refractivity contribution is 0.00690. The molecule has 0 aromatic heterocycles. The number of rotatable bonds is 6. The van der Waals surface area contributed by atoms with Crippen LogP contribution in [0.4, 0.5) is 11.4 Å². The molecule has 34 heavy (non-hydrogen) atoms. The Kier molecular flexibility index (Phi) is 7.11. The highest BCUT2D eigenvalue weighted by Gasteiger charge is 2.18. The first-order chi connectivity index (χ1) is 16.0. The Hall–Kier alpha value is -4.46. The Balaban J connectivity index is 1.59. The van der Waals surface area contributed by atoms with Gasteiger partial charge in [0.15, 0.2) is 0 Å². The highest BCUT2D eigenvalue weighted by molar-refractivity contribution is 6.06. The van der Waals surface area contributed by atoms with Crippen molar-refractivity contribution in [2.45, 2.75) is 26.4 Å². The van der Waals surface area contributed by atoms with Crippen LogP contribution in [0, 0.1) is 0 Å². The fraction of sp³-hybridized carbons (Fsp3) is 0.154. The predicted molar refractivity (Wildman–Crippen MR) is 127 cm³/mol. The molecule has 0 fully saturated rings. The molecule has 0 aliphatic heterocycles. The summed E-state index contributed by atoms with van der Waals surface area (Å²) in [5.74, 6) is -2.26. The number of nitrogens with one attached hydrogen (secondary N) is 2. The fourth-order valence-electron chi connectivity index (χ4n) is 2.90. The maximum atomic E-state index is 12.5. The maximum Gasteiger partial charge on any atom is 0.338 e.